The Bertz CT molecular complexity index is 1100. The summed E-state index contributed by atoms with van der Waals surface area (Å²) >= 11 is 0. The summed E-state index contributed by atoms with van der Waals surface area (Å²) in [4.78, 5) is 29.8. The molecule has 1 aromatic carbocycles. The zero-order valence-electron chi connectivity index (χ0n) is 16.1. The van der Waals surface area contributed by atoms with Gasteiger partial charge in [-0.2, -0.15) is 0 Å². The standard InChI is InChI=1S/C20H21N7O2/c1-3-29-19-17(21)23-9-15(26-19)12-7-5-4-6-11(12)13-8-14-16(18(28)25-13)10(2)24-20(22)27-14/h4-7,9,13H,3,8H2,1-2H3,(H2,21,23)(H,25,28)(H2,22,24,27). The SMILES string of the molecule is CCOc1nc(-c2ccccc2C2Cc3nc(N)nc(C)c3C(=O)N2)cnc1N. The molecule has 148 valence electrons. The van der Waals surface area contributed by atoms with Gasteiger partial charge >= 0.3 is 0 Å². The lowest BCUT2D eigenvalue weighted by Gasteiger charge is -2.27. The van der Waals surface area contributed by atoms with Gasteiger partial charge in [-0.15, -0.1) is 0 Å². The van der Waals surface area contributed by atoms with Crippen LogP contribution >= 0.6 is 0 Å². The fourth-order valence-electron chi connectivity index (χ4n) is 3.55. The summed E-state index contributed by atoms with van der Waals surface area (Å²) in [6.07, 6.45) is 2.09. The number of benzene rings is 1. The molecular weight excluding hydrogens is 370 g/mol. The van der Waals surface area contributed by atoms with E-state index in [1.807, 2.05) is 31.2 Å². The van der Waals surface area contributed by atoms with E-state index in [0.29, 0.717) is 35.7 Å². The van der Waals surface area contributed by atoms with Crippen molar-refractivity contribution in [2.75, 3.05) is 18.1 Å². The maximum absolute atomic E-state index is 12.7. The number of rotatable bonds is 4. The van der Waals surface area contributed by atoms with Gasteiger partial charge in [-0.3, -0.25) is 4.79 Å². The fourth-order valence-corrected chi connectivity index (χ4v) is 3.55. The van der Waals surface area contributed by atoms with Crippen molar-refractivity contribution in [1.82, 2.24) is 25.3 Å². The number of fused-ring (bicyclic) bond motifs is 1. The van der Waals surface area contributed by atoms with Gasteiger partial charge in [0.05, 0.1) is 41.5 Å². The molecule has 2 aromatic heterocycles. The maximum atomic E-state index is 12.7. The second-order valence-electron chi connectivity index (χ2n) is 6.68. The van der Waals surface area contributed by atoms with E-state index in [9.17, 15) is 4.79 Å². The van der Waals surface area contributed by atoms with Gasteiger partial charge in [-0.1, -0.05) is 24.3 Å². The Morgan fingerprint density at radius 1 is 1.21 bits per heavy atom. The van der Waals surface area contributed by atoms with Gasteiger partial charge in [0.15, 0.2) is 5.82 Å². The van der Waals surface area contributed by atoms with Crippen LogP contribution in [-0.2, 0) is 6.42 Å². The average Bonchev–Trinajstić information content (AvgIpc) is 2.69. The number of amides is 1. The number of nitrogens with one attached hydrogen (secondary N) is 1. The van der Waals surface area contributed by atoms with Crippen LogP contribution in [0.25, 0.3) is 11.3 Å². The summed E-state index contributed by atoms with van der Waals surface area (Å²) in [6, 6.07) is 7.39. The summed E-state index contributed by atoms with van der Waals surface area (Å²) in [7, 11) is 0. The van der Waals surface area contributed by atoms with Crippen molar-refractivity contribution < 1.29 is 9.53 Å². The van der Waals surface area contributed by atoms with E-state index in [-0.39, 0.29) is 29.6 Å². The molecule has 0 bridgehead atoms. The van der Waals surface area contributed by atoms with Gasteiger partial charge in [0.2, 0.25) is 5.95 Å². The first-order valence-electron chi connectivity index (χ1n) is 9.26. The van der Waals surface area contributed by atoms with Gasteiger partial charge in [0.1, 0.15) is 0 Å². The summed E-state index contributed by atoms with van der Waals surface area (Å²) in [5.41, 5.74) is 15.7. The highest BCUT2D eigenvalue weighted by atomic mass is 16.5. The lowest BCUT2D eigenvalue weighted by atomic mass is 9.90. The second-order valence-corrected chi connectivity index (χ2v) is 6.68. The fraction of sp³-hybridized carbons (Fsp3) is 0.250. The zero-order chi connectivity index (χ0) is 20.5. The third-order valence-electron chi connectivity index (χ3n) is 4.77. The molecule has 0 aliphatic carbocycles. The molecule has 0 fully saturated rings. The number of aryl methyl sites for hydroxylation is 1. The number of nitrogen functional groups attached to an aromatic ring is 2. The first kappa shape index (κ1) is 18.6. The highest BCUT2D eigenvalue weighted by Crippen LogP contribution is 2.33. The van der Waals surface area contributed by atoms with Crippen LogP contribution in [0.1, 0.15) is 40.3 Å². The Morgan fingerprint density at radius 3 is 2.79 bits per heavy atom. The molecule has 9 heteroatoms. The molecule has 1 amide bonds. The molecule has 0 spiro atoms. The molecule has 29 heavy (non-hydrogen) atoms. The van der Waals surface area contributed by atoms with Gasteiger partial charge in [0, 0.05) is 12.0 Å². The molecule has 1 aliphatic heterocycles. The van der Waals surface area contributed by atoms with Crippen molar-refractivity contribution >= 4 is 17.7 Å². The van der Waals surface area contributed by atoms with Crippen molar-refractivity contribution in [3.05, 3.63) is 53.0 Å². The van der Waals surface area contributed by atoms with Gasteiger partial charge in [-0.25, -0.2) is 19.9 Å². The topological polar surface area (TPSA) is 142 Å². The number of ether oxygens (including phenoxy) is 1. The number of hydrogen-bond donors (Lipinski definition) is 3. The summed E-state index contributed by atoms with van der Waals surface area (Å²) in [5.74, 6) is 0.459. The zero-order valence-corrected chi connectivity index (χ0v) is 16.1. The molecule has 0 saturated heterocycles. The van der Waals surface area contributed by atoms with Crippen molar-refractivity contribution in [2.45, 2.75) is 26.3 Å². The molecule has 3 aromatic rings. The Labute approximate surface area is 167 Å². The molecule has 1 unspecified atom stereocenters. The highest BCUT2D eigenvalue weighted by molar-refractivity contribution is 5.98. The molecular formula is C20H21N7O2. The Hall–Kier alpha value is -3.75. The molecule has 4 rings (SSSR count). The second kappa shape index (κ2) is 7.34. The van der Waals surface area contributed by atoms with Crippen LogP contribution < -0.4 is 21.5 Å². The third-order valence-corrected chi connectivity index (χ3v) is 4.77. The number of carbonyl (C=O) groups is 1. The molecule has 9 nitrogen and oxygen atoms in total. The predicted molar refractivity (Wildman–Crippen MR) is 108 cm³/mol. The lowest BCUT2D eigenvalue weighted by molar-refractivity contribution is 0.0922. The minimum absolute atomic E-state index is 0.161. The number of nitrogens with zero attached hydrogens (tertiary/aromatic N) is 4. The maximum Gasteiger partial charge on any atom is 0.257 e. The molecule has 3 heterocycles. The largest absolute Gasteiger partial charge is 0.475 e. The molecule has 0 radical (unpaired) electrons. The first-order chi connectivity index (χ1) is 14.0. The smallest absolute Gasteiger partial charge is 0.257 e. The molecule has 0 saturated carbocycles. The average molecular weight is 391 g/mol. The van der Waals surface area contributed by atoms with E-state index in [4.69, 9.17) is 16.2 Å². The number of aromatic nitrogens is 4. The van der Waals surface area contributed by atoms with Crippen LogP contribution in [0.15, 0.2) is 30.5 Å². The first-order valence-corrected chi connectivity index (χ1v) is 9.26. The van der Waals surface area contributed by atoms with Crippen LogP contribution in [0.2, 0.25) is 0 Å². The molecule has 1 atom stereocenters. The van der Waals surface area contributed by atoms with Crippen LogP contribution in [0.3, 0.4) is 0 Å². The van der Waals surface area contributed by atoms with E-state index >= 15 is 0 Å². The monoisotopic (exact) mass is 391 g/mol. The lowest BCUT2D eigenvalue weighted by Crippen LogP contribution is -2.37. The molecule has 1 aliphatic rings. The summed E-state index contributed by atoms with van der Waals surface area (Å²) < 4.78 is 5.47. The number of nitrogens with two attached hydrogens (primary N) is 2. The highest BCUT2D eigenvalue weighted by Gasteiger charge is 2.30. The summed E-state index contributed by atoms with van der Waals surface area (Å²) in [6.45, 7) is 4.04. The summed E-state index contributed by atoms with van der Waals surface area (Å²) in [5, 5.41) is 3.05. The van der Waals surface area contributed by atoms with Gasteiger partial charge in [-0.05, 0) is 19.4 Å². The van der Waals surface area contributed by atoms with Crippen LogP contribution in [-0.4, -0.2) is 32.4 Å². The van der Waals surface area contributed by atoms with Crippen molar-refractivity contribution in [1.29, 1.82) is 0 Å². The normalized spacial score (nSPS) is 15.5. The minimum atomic E-state index is -0.296. The van der Waals surface area contributed by atoms with E-state index in [1.165, 1.54) is 0 Å². The van der Waals surface area contributed by atoms with Gasteiger partial charge < -0.3 is 21.5 Å². The number of anilines is 2. The third kappa shape index (κ3) is 3.42. The van der Waals surface area contributed by atoms with Gasteiger partial charge in [0.25, 0.3) is 11.8 Å². The van der Waals surface area contributed by atoms with Crippen LogP contribution in [0.4, 0.5) is 11.8 Å². The Kier molecular flexibility index (Phi) is 4.71. The van der Waals surface area contributed by atoms with Crippen molar-refractivity contribution in [3.63, 3.8) is 0 Å². The van der Waals surface area contributed by atoms with Crippen molar-refractivity contribution in [2.24, 2.45) is 0 Å². The quantitative estimate of drug-likeness (QED) is 0.611. The minimum Gasteiger partial charge on any atom is -0.475 e. The Morgan fingerprint density at radius 2 is 2.00 bits per heavy atom. The van der Waals surface area contributed by atoms with E-state index < -0.39 is 0 Å². The van der Waals surface area contributed by atoms with Crippen LogP contribution in [0.5, 0.6) is 5.88 Å². The predicted octanol–water partition coefficient (Wildman–Crippen LogP) is 1.83. The number of hydrogen-bond acceptors (Lipinski definition) is 8. The van der Waals surface area contributed by atoms with Crippen molar-refractivity contribution in [3.8, 4) is 17.1 Å². The number of carbonyl (C=O) groups excluding carboxylic acids is 1. The van der Waals surface area contributed by atoms with E-state index in [0.717, 1.165) is 11.1 Å². The van der Waals surface area contributed by atoms with E-state index in [1.54, 1.807) is 13.1 Å². The molecule has 5 N–H and O–H groups in total. The van der Waals surface area contributed by atoms with E-state index in [2.05, 4.69) is 25.3 Å². The Balaban J connectivity index is 1.76. The van der Waals surface area contributed by atoms with Crippen LogP contribution in [0, 0.1) is 6.92 Å².